The number of aromatic hydroxyl groups is 1. The Bertz CT molecular complexity index is 980. The summed E-state index contributed by atoms with van der Waals surface area (Å²) < 4.78 is 0. The van der Waals surface area contributed by atoms with E-state index in [0.717, 1.165) is 11.1 Å². The number of aromatic nitrogens is 2. The van der Waals surface area contributed by atoms with Crippen molar-refractivity contribution in [2.75, 3.05) is 13.1 Å². The first-order valence-electron chi connectivity index (χ1n) is 8.74. The lowest BCUT2D eigenvalue weighted by atomic mass is 10.0. The van der Waals surface area contributed by atoms with Gasteiger partial charge in [-0.25, -0.2) is 0 Å². The van der Waals surface area contributed by atoms with Crippen molar-refractivity contribution in [2.45, 2.75) is 25.9 Å². The van der Waals surface area contributed by atoms with Gasteiger partial charge in [-0.1, -0.05) is 24.3 Å². The molecule has 3 aromatic rings. The number of likely N-dealkylation sites (tertiary alicyclic amines) is 1. The number of carbonyl (C=O) groups excluding carboxylic acids is 1. The normalized spacial score (nSPS) is 17.2. The van der Waals surface area contributed by atoms with Gasteiger partial charge in [-0.15, -0.1) is 0 Å². The molecule has 1 saturated heterocycles. The fourth-order valence-corrected chi connectivity index (χ4v) is 3.50. The fourth-order valence-electron chi connectivity index (χ4n) is 3.50. The van der Waals surface area contributed by atoms with Gasteiger partial charge in [0.1, 0.15) is 5.75 Å². The van der Waals surface area contributed by atoms with Gasteiger partial charge in [0, 0.05) is 31.0 Å². The monoisotopic (exact) mass is 351 g/mol. The zero-order valence-electron chi connectivity index (χ0n) is 14.6. The number of aliphatic hydroxyl groups excluding tert-OH is 1. The van der Waals surface area contributed by atoms with Crippen LogP contribution >= 0.6 is 0 Å². The minimum Gasteiger partial charge on any atom is -0.507 e. The second-order valence-corrected chi connectivity index (χ2v) is 6.88. The Morgan fingerprint density at radius 1 is 1.35 bits per heavy atom. The predicted octanol–water partition coefficient (Wildman–Crippen LogP) is 2.37. The average molecular weight is 351 g/mol. The second kappa shape index (κ2) is 6.46. The second-order valence-electron chi connectivity index (χ2n) is 6.88. The number of fused-ring (bicyclic) bond motifs is 1. The summed E-state index contributed by atoms with van der Waals surface area (Å²) in [6, 6.07) is 11.4. The molecule has 6 nitrogen and oxygen atoms in total. The molecule has 4 rings (SSSR count). The summed E-state index contributed by atoms with van der Waals surface area (Å²) >= 11 is 0. The van der Waals surface area contributed by atoms with E-state index in [1.54, 1.807) is 17.0 Å². The number of carbonyl (C=O) groups is 1. The molecular weight excluding hydrogens is 330 g/mol. The molecule has 0 spiro atoms. The van der Waals surface area contributed by atoms with Crippen molar-refractivity contribution in [2.24, 2.45) is 0 Å². The highest BCUT2D eigenvalue weighted by molar-refractivity contribution is 6.01. The van der Waals surface area contributed by atoms with Gasteiger partial charge in [-0.05, 0) is 30.5 Å². The van der Waals surface area contributed by atoms with Gasteiger partial charge in [0.05, 0.1) is 22.9 Å². The Morgan fingerprint density at radius 3 is 2.88 bits per heavy atom. The van der Waals surface area contributed by atoms with Crippen molar-refractivity contribution in [3.8, 4) is 5.75 Å². The lowest BCUT2D eigenvalue weighted by Crippen LogP contribution is -2.29. The van der Waals surface area contributed by atoms with E-state index in [-0.39, 0.29) is 17.2 Å². The molecule has 1 fully saturated rings. The molecule has 0 aliphatic carbocycles. The zero-order valence-corrected chi connectivity index (χ0v) is 14.6. The molecule has 1 aliphatic heterocycles. The van der Waals surface area contributed by atoms with Crippen LogP contribution in [0.4, 0.5) is 0 Å². The van der Waals surface area contributed by atoms with Crippen LogP contribution in [0.15, 0.2) is 36.4 Å². The van der Waals surface area contributed by atoms with E-state index in [1.165, 1.54) is 11.1 Å². The lowest BCUT2D eigenvalue weighted by Gasteiger charge is -2.16. The smallest absolute Gasteiger partial charge is 0.257 e. The molecule has 1 amide bonds. The van der Waals surface area contributed by atoms with Crippen LogP contribution in [0.3, 0.4) is 0 Å². The van der Waals surface area contributed by atoms with Crippen molar-refractivity contribution in [1.82, 2.24) is 15.1 Å². The lowest BCUT2D eigenvalue weighted by molar-refractivity contribution is 0.0762. The van der Waals surface area contributed by atoms with E-state index >= 15 is 0 Å². The molecule has 0 saturated carbocycles. The van der Waals surface area contributed by atoms with Crippen LogP contribution in [-0.4, -0.2) is 50.4 Å². The maximum Gasteiger partial charge on any atom is 0.257 e. The number of β-amino-alcohol motifs (C(OH)–C–C–N with tert-alkyl or cyclic N) is 1. The SMILES string of the molecule is Cc1ccccc1Cc1n[nH]c2cc(O)c(C(=O)N3CC[C@@H](O)C3)cc12. The Hall–Kier alpha value is -2.86. The molecule has 0 unspecified atom stereocenters. The summed E-state index contributed by atoms with van der Waals surface area (Å²) in [5.41, 5.74) is 4.14. The van der Waals surface area contributed by atoms with Gasteiger partial charge < -0.3 is 15.1 Å². The summed E-state index contributed by atoms with van der Waals surface area (Å²) in [4.78, 5) is 14.3. The molecule has 2 heterocycles. The highest BCUT2D eigenvalue weighted by atomic mass is 16.3. The number of rotatable bonds is 3. The molecule has 1 aliphatic rings. The number of nitrogens with one attached hydrogen (secondary N) is 1. The van der Waals surface area contributed by atoms with Crippen molar-refractivity contribution >= 4 is 16.8 Å². The van der Waals surface area contributed by atoms with E-state index in [2.05, 4.69) is 29.3 Å². The van der Waals surface area contributed by atoms with Crippen LogP contribution in [0.2, 0.25) is 0 Å². The van der Waals surface area contributed by atoms with Crippen LogP contribution in [0.5, 0.6) is 5.75 Å². The molecule has 1 atom stereocenters. The quantitative estimate of drug-likeness (QED) is 0.676. The Kier molecular flexibility index (Phi) is 4.12. The summed E-state index contributed by atoms with van der Waals surface area (Å²) in [6.45, 7) is 2.86. The molecule has 134 valence electrons. The van der Waals surface area contributed by atoms with Crippen LogP contribution in [-0.2, 0) is 6.42 Å². The molecule has 26 heavy (non-hydrogen) atoms. The minimum atomic E-state index is -0.490. The zero-order chi connectivity index (χ0) is 18.3. The predicted molar refractivity (Wildman–Crippen MR) is 98.3 cm³/mol. The minimum absolute atomic E-state index is 0.0741. The Morgan fingerprint density at radius 2 is 2.15 bits per heavy atom. The highest BCUT2D eigenvalue weighted by Gasteiger charge is 2.27. The first kappa shape index (κ1) is 16.6. The number of phenolic OH excluding ortho intramolecular Hbond substituents is 1. The van der Waals surface area contributed by atoms with Crippen LogP contribution < -0.4 is 0 Å². The van der Waals surface area contributed by atoms with E-state index in [4.69, 9.17) is 0 Å². The number of aryl methyl sites for hydroxylation is 1. The number of nitrogens with zero attached hydrogens (tertiary/aromatic N) is 2. The molecule has 2 aromatic carbocycles. The fraction of sp³-hybridized carbons (Fsp3) is 0.300. The number of hydrogen-bond donors (Lipinski definition) is 3. The number of H-pyrrole nitrogens is 1. The third kappa shape index (κ3) is 2.93. The van der Waals surface area contributed by atoms with Crippen molar-refractivity contribution in [3.63, 3.8) is 0 Å². The largest absolute Gasteiger partial charge is 0.507 e. The van der Waals surface area contributed by atoms with E-state index < -0.39 is 6.10 Å². The number of aromatic amines is 1. The summed E-state index contributed by atoms with van der Waals surface area (Å²) in [6.07, 6.45) is 0.724. The van der Waals surface area contributed by atoms with E-state index in [9.17, 15) is 15.0 Å². The molecule has 6 heteroatoms. The Labute approximate surface area is 151 Å². The summed E-state index contributed by atoms with van der Waals surface area (Å²) in [5.74, 6) is -0.334. The molecule has 0 radical (unpaired) electrons. The standard InChI is InChI=1S/C20H21N3O3/c1-12-4-2-3-5-13(12)8-17-15-9-16(19(25)10-18(15)22-21-17)20(26)23-7-6-14(24)11-23/h2-5,9-10,14,24-25H,6-8,11H2,1H3,(H,21,22)/t14-/m1/s1. The third-order valence-electron chi connectivity index (χ3n) is 5.06. The van der Waals surface area contributed by atoms with E-state index in [0.29, 0.717) is 31.4 Å². The first-order valence-corrected chi connectivity index (χ1v) is 8.74. The first-order chi connectivity index (χ1) is 12.5. The average Bonchev–Trinajstić information content (AvgIpc) is 3.22. The van der Waals surface area contributed by atoms with Gasteiger partial charge >= 0.3 is 0 Å². The number of phenols is 1. The highest BCUT2D eigenvalue weighted by Crippen LogP contribution is 2.29. The molecule has 1 aromatic heterocycles. The maximum absolute atomic E-state index is 12.7. The Balaban J connectivity index is 1.71. The third-order valence-corrected chi connectivity index (χ3v) is 5.06. The van der Waals surface area contributed by atoms with Crippen molar-refractivity contribution < 1.29 is 15.0 Å². The van der Waals surface area contributed by atoms with E-state index in [1.807, 2.05) is 12.1 Å². The number of amides is 1. The molecule has 0 bridgehead atoms. The van der Waals surface area contributed by atoms with Gasteiger partial charge in [-0.3, -0.25) is 9.89 Å². The summed E-state index contributed by atoms with van der Waals surface area (Å²) in [7, 11) is 0. The number of hydrogen-bond acceptors (Lipinski definition) is 4. The molecular formula is C20H21N3O3. The number of benzene rings is 2. The van der Waals surface area contributed by atoms with Gasteiger partial charge in [-0.2, -0.15) is 5.10 Å². The summed E-state index contributed by atoms with van der Waals surface area (Å²) in [5, 5.41) is 28.1. The topological polar surface area (TPSA) is 89.4 Å². The van der Waals surface area contributed by atoms with Gasteiger partial charge in [0.15, 0.2) is 0 Å². The van der Waals surface area contributed by atoms with Gasteiger partial charge in [0.25, 0.3) is 5.91 Å². The van der Waals surface area contributed by atoms with Crippen molar-refractivity contribution in [1.29, 1.82) is 0 Å². The van der Waals surface area contributed by atoms with Crippen molar-refractivity contribution in [3.05, 3.63) is 58.8 Å². The van der Waals surface area contributed by atoms with Crippen LogP contribution in [0, 0.1) is 6.92 Å². The molecule has 3 N–H and O–H groups in total. The maximum atomic E-state index is 12.7. The number of aliphatic hydroxyl groups is 1. The van der Waals surface area contributed by atoms with Crippen LogP contribution in [0.1, 0.15) is 33.6 Å². The van der Waals surface area contributed by atoms with Gasteiger partial charge in [0.2, 0.25) is 0 Å². The van der Waals surface area contributed by atoms with Crippen LogP contribution in [0.25, 0.3) is 10.9 Å².